The van der Waals surface area contributed by atoms with Crippen molar-refractivity contribution >= 4 is 113 Å². The Balaban J connectivity index is 2.03. The summed E-state index contributed by atoms with van der Waals surface area (Å²) in [6.45, 7) is 1.82. The van der Waals surface area contributed by atoms with Crippen molar-refractivity contribution in [2.75, 3.05) is 18.0 Å². The number of halogens is 6. The van der Waals surface area contributed by atoms with Gasteiger partial charge in [0.15, 0.2) is 11.4 Å². The van der Waals surface area contributed by atoms with E-state index < -0.39 is 0 Å². The van der Waals surface area contributed by atoms with Crippen LogP contribution < -0.4 is 4.90 Å². The zero-order valence-electron chi connectivity index (χ0n) is 11.5. The Bertz CT molecular complexity index is 772. The van der Waals surface area contributed by atoms with E-state index in [1.165, 1.54) is 0 Å². The molecule has 0 radical (unpaired) electrons. The molecule has 0 N–H and O–H groups in total. The van der Waals surface area contributed by atoms with Crippen molar-refractivity contribution in [3.63, 3.8) is 0 Å². The lowest BCUT2D eigenvalue weighted by Gasteiger charge is -2.11. The highest BCUT2D eigenvalue weighted by Gasteiger charge is 2.28. The predicted octanol–water partition coefficient (Wildman–Crippen LogP) is 7.45. The first-order valence-corrected chi connectivity index (χ1v) is 11.3. The molecule has 2 aromatic rings. The van der Waals surface area contributed by atoms with Crippen LogP contribution in [-0.4, -0.2) is 24.0 Å². The van der Waals surface area contributed by atoms with Gasteiger partial charge in [0, 0.05) is 8.95 Å². The Morgan fingerprint density at radius 3 is 1.74 bits per heavy atom. The number of benzene rings is 2. The quantitative estimate of drug-likeness (QED) is 0.296. The van der Waals surface area contributed by atoms with Gasteiger partial charge in [-0.1, -0.05) is 31.9 Å². The number of nitrogens with zero attached hydrogens (tertiary/aromatic N) is 2. The fourth-order valence-electron chi connectivity index (χ4n) is 2.46. The topological polar surface area (TPSA) is 6.25 Å². The average Bonchev–Trinajstić information content (AvgIpc) is 2.85. The third kappa shape index (κ3) is 3.97. The van der Waals surface area contributed by atoms with Gasteiger partial charge in [0.1, 0.15) is 13.1 Å². The van der Waals surface area contributed by atoms with Crippen molar-refractivity contribution in [1.29, 1.82) is 0 Å². The molecule has 23 heavy (non-hydrogen) atoms. The highest BCUT2D eigenvalue weighted by molar-refractivity contribution is 9.12. The van der Waals surface area contributed by atoms with Gasteiger partial charge in [0.05, 0.1) is 17.9 Å². The van der Waals surface area contributed by atoms with Crippen molar-refractivity contribution in [2.45, 2.75) is 0 Å². The lowest BCUT2D eigenvalue weighted by atomic mass is 10.3. The Labute approximate surface area is 185 Å². The highest BCUT2D eigenvalue weighted by atomic mass is 79.9. The first kappa shape index (κ1) is 18.6. The summed E-state index contributed by atoms with van der Waals surface area (Å²) in [5, 5.41) is 0. The van der Waals surface area contributed by atoms with E-state index in [2.05, 4.69) is 136 Å². The zero-order valence-corrected chi connectivity index (χ0v) is 21.0. The molecule has 8 heteroatoms. The number of hydrogen-bond donors (Lipinski definition) is 0. The van der Waals surface area contributed by atoms with Crippen LogP contribution in [0.2, 0.25) is 0 Å². The highest BCUT2D eigenvalue weighted by Crippen LogP contribution is 2.40. The van der Waals surface area contributed by atoms with Gasteiger partial charge in [-0.05, 0) is 88.0 Å². The van der Waals surface area contributed by atoms with Crippen LogP contribution in [0.5, 0.6) is 0 Å². The number of anilines is 1. The summed E-state index contributed by atoms with van der Waals surface area (Å²) >= 11 is 21.7. The molecule has 0 unspecified atom stereocenters. The molecule has 0 amide bonds. The minimum absolute atomic E-state index is 0.910. The summed E-state index contributed by atoms with van der Waals surface area (Å²) in [5.41, 5.74) is 2.25. The minimum atomic E-state index is 0.910. The van der Waals surface area contributed by atoms with Gasteiger partial charge in [0.2, 0.25) is 6.34 Å². The second kappa shape index (κ2) is 7.58. The average molecular weight is 697 g/mol. The third-order valence-electron chi connectivity index (χ3n) is 3.40. The van der Waals surface area contributed by atoms with E-state index in [1.807, 2.05) is 0 Å². The molecule has 0 aromatic heterocycles. The SMILES string of the molecule is Brc1cc(Br)c(N2C=[N+](c3c(Br)cc(Br)cc3Br)CC2)c(Br)c1. The minimum Gasteiger partial charge on any atom is -0.227 e. The van der Waals surface area contributed by atoms with Gasteiger partial charge in [0.25, 0.3) is 0 Å². The lowest BCUT2D eigenvalue weighted by molar-refractivity contribution is -0.425. The van der Waals surface area contributed by atoms with E-state index in [0.717, 1.165) is 51.3 Å². The largest absolute Gasteiger partial charge is 0.244 e. The molecule has 0 spiro atoms. The van der Waals surface area contributed by atoms with Crippen LogP contribution in [0.1, 0.15) is 0 Å². The Morgan fingerprint density at radius 2 is 1.22 bits per heavy atom. The van der Waals surface area contributed by atoms with E-state index in [9.17, 15) is 0 Å². The fraction of sp³-hybridized carbons (Fsp3) is 0.133. The van der Waals surface area contributed by atoms with Crippen LogP contribution >= 0.6 is 95.6 Å². The van der Waals surface area contributed by atoms with Crippen LogP contribution in [0.25, 0.3) is 0 Å². The van der Waals surface area contributed by atoms with Crippen molar-refractivity contribution in [2.24, 2.45) is 0 Å². The number of hydrogen-bond acceptors (Lipinski definition) is 1. The predicted molar refractivity (Wildman–Crippen MR) is 117 cm³/mol. The summed E-state index contributed by atoms with van der Waals surface area (Å²) in [7, 11) is 0. The standard InChI is InChI=1S/C15H9Br6N2/c16-8-3-10(18)14(11(19)4-8)22-1-2-23(7-22)15-12(20)5-9(17)6-13(15)21/h3-7H,1-2H2/q+1. The smallest absolute Gasteiger partial charge is 0.227 e. The summed E-state index contributed by atoms with van der Waals surface area (Å²) < 4.78 is 8.50. The second-order valence-electron chi connectivity index (χ2n) is 4.94. The van der Waals surface area contributed by atoms with E-state index in [1.54, 1.807) is 0 Å². The van der Waals surface area contributed by atoms with Gasteiger partial charge in [-0.2, -0.15) is 0 Å². The Hall–Kier alpha value is 0.790. The first-order valence-electron chi connectivity index (χ1n) is 6.54. The van der Waals surface area contributed by atoms with Gasteiger partial charge in [-0.25, -0.2) is 9.48 Å². The van der Waals surface area contributed by atoms with Crippen molar-refractivity contribution in [3.05, 3.63) is 51.1 Å². The van der Waals surface area contributed by atoms with E-state index >= 15 is 0 Å². The van der Waals surface area contributed by atoms with Crippen LogP contribution in [0.3, 0.4) is 0 Å². The van der Waals surface area contributed by atoms with Gasteiger partial charge in [-0.3, -0.25) is 0 Å². The molecule has 1 aliphatic heterocycles. The van der Waals surface area contributed by atoms with Crippen LogP contribution in [-0.2, 0) is 0 Å². The zero-order chi connectivity index (χ0) is 16.7. The summed E-state index contributed by atoms with van der Waals surface area (Å²) in [6.07, 6.45) is 2.14. The number of rotatable bonds is 2. The molecular weight excluding hydrogens is 688 g/mol. The van der Waals surface area contributed by atoms with Gasteiger partial charge < -0.3 is 0 Å². The molecule has 0 bridgehead atoms. The van der Waals surface area contributed by atoms with Crippen LogP contribution in [0.15, 0.2) is 51.1 Å². The molecule has 0 saturated carbocycles. The van der Waals surface area contributed by atoms with E-state index in [0.29, 0.717) is 0 Å². The molecule has 0 saturated heterocycles. The molecule has 0 fully saturated rings. The maximum absolute atomic E-state index is 3.66. The molecule has 0 atom stereocenters. The summed E-state index contributed by atoms with van der Waals surface area (Å²) in [4.78, 5) is 2.24. The molecule has 0 aliphatic carbocycles. The van der Waals surface area contributed by atoms with Crippen molar-refractivity contribution in [1.82, 2.24) is 0 Å². The lowest BCUT2D eigenvalue weighted by Crippen LogP contribution is -2.19. The van der Waals surface area contributed by atoms with Crippen molar-refractivity contribution in [3.8, 4) is 0 Å². The van der Waals surface area contributed by atoms with Gasteiger partial charge >= 0.3 is 0 Å². The summed E-state index contributed by atoms with van der Waals surface area (Å²) in [6, 6.07) is 8.23. The van der Waals surface area contributed by atoms with Crippen LogP contribution in [0, 0.1) is 0 Å². The monoisotopic (exact) mass is 691 g/mol. The fourth-order valence-corrected chi connectivity index (χ4v) is 7.88. The maximum atomic E-state index is 3.66. The van der Waals surface area contributed by atoms with Crippen molar-refractivity contribution < 1.29 is 4.58 Å². The van der Waals surface area contributed by atoms with Crippen LogP contribution in [0.4, 0.5) is 11.4 Å². The van der Waals surface area contributed by atoms with Gasteiger partial charge in [-0.15, -0.1) is 0 Å². The van der Waals surface area contributed by atoms with E-state index in [-0.39, 0.29) is 0 Å². The third-order valence-corrected chi connectivity index (χ3v) is 6.73. The molecule has 2 aromatic carbocycles. The molecule has 2 nitrogen and oxygen atoms in total. The molecular formula is C15H9Br6N2+. The molecule has 1 aliphatic rings. The second-order valence-corrected chi connectivity index (χ2v) is 10.2. The van der Waals surface area contributed by atoms with E-state index in [4.69, 9.17) is 0 Å². The molecule has 120 valence electrons. The first-order chi connectivity index (χ1) is 10.9. The summed E-state index contributed by atoms with van der Waals surface area (Å²) in [5.74, 6) is 0. The molecule has 3 rings (SSSR count). The molecule has 1 heterocycles. The maximum Gasteiger partial charge on any atom is 0.244 e. The Kier molecular flexibility index (Phi) is 6.12. The Morgan fingerprint density at radius 1 is 0.739 bits per heavy atom. The normalized spacial score (nSPS) is 14.3.